The molecule has 0 atom stereocenters. The Hall–Kier alpha value is -11.2. The van der Waals surface area contributed by atoms with Gasteiger partial charge in [-0.25, -0.2) is 0 Å². The summed E-state index contributed by atoms with van der Waals surface area (Å²) in [5.74, 6) is 0. The number of aryl methyl sites for hydroxylation is 12. The Labute approximate surface area is 579 Å². The van der Waals surface area contributed by atoms with Crippen LogP contribution >= 0.6 is 0 Å². The van der Waals surface area contributed by atoms with Gasteiger partial charge in [-0.2, -0.15) is 0 Å². The van der Waals surface area contributed by atoms with E-state index in [9.17, 15) is 0 Å². The van der Waals surface area contributed by atoms with Gasteiger partial charge in [0.15, 0.2) is 0 Å². The molecular formula is C98H86. The van der Waals surface area contributed by atoms with Crippen LogP contribution in [-0.4, -0.2) is 0 Å². The van der Waals surface area contributed by atoms with Crippen molar-refractivity contribution in [3.8, 4) is 11.1 Å². The summed E-state index contributed by atoms with van der Waals surface area (Å²) in [6, 6.07) is 109. The third kappa shape index (κ3) is 13.4. The molecule has 0 unspecified atom stereocenters. The zero-order chi connectivity index (χ0) is 68.1. The molecule has 18 aromatic carbocycles. The number of rotatable bonds is 1. The van der Waals surface area contributed by atoms with E-state index in [4.69, 9.17) is 0 Å². The van der Waals surface area contributed by atoms with Crippen molar-refractivity contribution in [3.63, 3.8) is 0 Å². The molecule has 18 aromatic rings. The molecule has 0 saturated heterocycles. The highest BCUT2D eigenvalue weighted by Crippen LogP contribution is 2.46. The van der Waals surface area contributed by atoms with Gasteiger partial charge in [-0.15, -0.1) is 0 Å². The largest absolute Gasteiger partial charge is 0.0616 e. The molecule has 0 heterocycles. The Bertz CT molecular complexity index is 5440. The molecule has 0 aliphatic heterocycles. The maximum Gasteiger partial charge on any atom is -0.00141 e. The summed E-state index contributed by atoms with van der Waals surface area (Å²) < 4.78 is 0. The van der Waals surface area contributed by atoms with Crippen LogP contribution in [0.5, 0.6) is 0 Å². The van der Waals surface area contributed by atoms with E-state index in [1.54, 1.807) is 0 Å². The van der Waals surface area contributed by atoms with Gasteiger partial charge < -0.3 is 0 Å². The van der Waals surface area contributed by atoms with Gasteiger partial charge in [-0.1, -0.05) is 313 Å². The first-order valence-electron chi connectivity index (χ1n) is 34.5. The van der Waals surface area contributed by atoms with E-state index >= 15 is 0 Å². The average Bonchev–Trinajstić information content (AvgIpc) is 0.722. The maximum absolute atomic E-state index is 2.29. The minimum absolute atomic E-state index is 1.32. The highest BCUT2D eigenvalue weighted by molar-refractivity contribution is 6.25. The predicted octanol–water partition coefficient (Wildman–Crippen LogP) is 28.2. The van der Waals surface area contributed by atoms with Crippen LogP contribution in [-0.2, 0) is 0 Å². The third-order valence-corrected chi connectivity index (χ3v) is 20.1. The molecule has 0 aromatic heterocycles. The summed E-state index contributed by atoms with van der Waals surface area (Å²) in [7, 11) is 0. The molecule has 0 fully saturated rings. The van der Waals surface area contributed by atoms with Gasteiger partial charge in [0, 0.05) is 0 Å². The van der Waals surface area contributed by atoms with Gasteiger partial charge in [0.2, 0.25) is 0 Å². The first kappa shape index (κ1) is 65.5. The summed E-state index contributed by atoms with van der Waals surface area (Å²) in [5, 5.41) is 29.6. The van der Waals surface area contributed by atoms with Crippen molar-refractivity contribution in [1.82, 2.24) is 0 Å². The van der Waals surface area contributed by atoms with Crippen LogP contribution in [0.2, 0.25) is 0 Å². The number of hydrogen-bond donors (Lipinski definition) is 0. The monoisotopic (exact) mass is 1260 g/mol. The Morgan fingerprint density at radius 3 is 0.571 bits per heavy atom. The van der Waals surface area contributed by atoms with E-state index < -0.39 is 0 Å². The molecule has 0 radical (unpaired) electrons. The summed E-state index contributed by atoms with van der Waals surface area (Å²) in [5.41, 5.74) is 18.9. The van der Waals surface area contributed by atoms with Gasteiger partial charge in [-0.3, -0.25) is 0 Å². The fraction of sp³-hybridized carbons (Fsp3) is 0.122. The van der Waals surface area contributed by atoms with Crippen LogP contribution < -0.4 is 0 Å². The first-order valence-corrected chi connectivity index (χ1v) is 34.5. The standard InChI is InChI=1S/C30H22.2C16H14.3C12H12/c1-19-21-11-3-7-15-25(21)29(26-16-8-4-12-22(19)26)30-27-17-9-5-13-23(27)20(2)24-14-6-10-18-28(24)30;1-11-3-5-13-10-16-8-12(2)4-6-14(16)9-15(13)7-11;1-11-13-7-3-5-9-15(13)12(2)16-10-6-4-8-14(11)16;1-9-3-5-12-8-10(2)4-6-11(12)7-9;1-9-5-3-8-12-10(2)6-4-7-11(9)12;1-9-7-8-10(2)12-6-4-3-5-11(9)12/h3-18H,1-2H3;2*3-10H,1-2H3;3*3-8H,1-2H3. The Morgan fingerprint density at radius 1 is 0.133 bits per heavy atom. The Kier molecular flexibility index (Phi) is 19.1. The molecule has 0 bridgehead atoms. The molecule has 0 spiro atoms. The number of hydrogen-bond acceptors (Lipinski definition) is 0. The zero-order valence-corrected chi connectivity index (χ0v) is 58.9. The fourth-order valence-corrected chi connectivity index (χ4v) is 14.7. The lowest BCUT2D eigenvalue weighted by Crippen LogP contribution is -1.93. The van der Waals surface area contributed by atoms with Gasteiger partial charge >= 0.3 is 0 Å². The van der Waals surface area contributed by atoms with Gasteiger partial charge in [0.05, 0.1) is 0 Å². The quantitative estimate of drug-likeness (QED) is 0.144. The van der Waals surface area contributed by atoms with Crippen LogP contribution in [0, 0.1) is 83.1 Å². The molecule has 0 aliphatic carbocycles. The van der Waals surface area contributed by atoms with E-state index in [2.05, 4.69) is 386 Å². The lowest BCUT2D eigenvalue weighted by Gasteiger charge is -2.20. The summed E-state index contributed by atoms with van der Waals surface area (Å²) in [4.78, 5) is 0. The van der Waals surface area contributed by atoms with E-state index in [0.29, 0.717) is 0 Å². The highest BCUT2D eigenvalue weighted by Gasteiger charge is 2.19. The van der Waals surface area contributed by atoms with Crippen LogP contribution in [0.3, 0.4) is 0 Å². The molecule has 0 N–H and O–H groups in total. The van der Waals surface area contributed by atoms with Crippen molar-refractivity contribution >= 4 is 118 Å². The van der Waals surface area contributed by atoms with Crippen molar-refractivity contribution in [2.75, 3.05) is 0 Å². The lowest BCUT2D eigenvalue weighted by atomic mass is 9.83. The van der Waals surface area contributed by atoms with Crippen LogP contribution in [0.15, 0.2) is 303 Å². The molecular weight excluding hydrogens is 1180 g/mol. The lowest BCUT2D eigenvalue weighted by molar-refractivity contribution is 1.46. The molecule has 98 heavy (non-hydrogen) atoms. The Morgan fingerprint density at radius 2 is 0.316 bits per heavy atom. The van der Waals surface area contributed by atoms with Crippen LogP contribution in [0.4, 0.5) is 0 Å². The van der Waals surface area contributed by atoms with Crippen LogP contribution in [0.25, 0.3) is 130 Å². The van der Waals surface area contributed by atoms with Crippen molar-refractivity contribution in [3.05, 3.63) is 370 Å². The second-order valence-electron chi connectivity index (χ2n) is 26.9. The normalized spacial score (nSPS) is 11.1. The summed E-state index contributed by atoms with van der Waals surface area (Å²) in [6.07, 6.45) is 0. The zero-order valence-electron chi connectivity index (χ0n) is 58.9. The van der Waals surface area contributed by atoms with Crippen molar-refractivity contribution < 1.29 is 0 Å². The molecule has 0 heteroatoms. The second kappa shape index (κ2) is 28.6. The first-order chi connectivity index (χ1) is 47.6. The number of fused-ring (bicyclic) bond motifs is 11. The van der Waals surface area contributed by atoms with E-state index in [1.165, 1.54) is 196 Å². The van der Waals surface area contributed by atoms with Gasteiger partial charge in [-0.05, 0) is 269 Å². The summed E-state index contributed by atoms with van der Waals surface area (Å²) >= 11 is 0. The van der Waals surface area contributed by atoms with Crippen LogP contribution in [0.1, 0.15) is 66.8 Å². The average molecular weight is 1260 g/mol. The van der Waals surface area contributed by atoms with Gasteiger partial charge in [0.25, 0.3) is 0 Å². The SMILES string of the molecule is Cc1c2ccccc2c(-c2c3ccccc3c(C)c3ccccc23)c2ccccc12.Cc1c2ccccc2c(C)c2ccccc12.Cc1ccc(C)c2ccccc12.Cc1ccc2cc(C)ccc2c1.Cc1ccc2cc3cc(C)ccc3cc2c1.Cc1cccc2c(C)cccc12. The summed E-state index contributed by atoms with van der Waals surface area (Å²) in [6.45, 7) is 26.1. The molecule has 0 aliphatic rings. The van der Waals surface area contributed by atoms with Crippen molar-refractivity contribution in [2.45, 2.75) is 83.1 Å². The smallest absolute Gasteiger partial charge is 0.00141 e. The Balaban J connectivity index is 0.000000111. The second-order valence-corrected chi connectivity index (χ2v) is 26.9. The minimum Gasteiger partial charge on any atom is -0.0616 e. The van der Waals surface area contributed by atoms with Gasteiger partial charge in [0.1, 0.15) is 0 Å². The fourth-order valence-electron chi connectivity index (χ4n) is 14.7. The molecule has 0 saturated carbocycles. The van der Waals surface area contributed by atoms with E-state index in [0.717, 1.165) is 0 Å². The molecule has 0 nitrogen and oxygen atoms in total. The minimum atomic E-state index is 1.32. The van der Waals surface area contributed by atoms with Crippen molar-refractivity contribution in [2.24, 2.45) is 0 Å². The molecule has 18 rings (SSSR count). The highest BCUT2D eigenvalue weighted by atomic mass is 14.2. The number of benzene rings is 18. The van der Waals surface area contributed by atoms with E-state index in [-0.39, 0.29) is 0 Å². The predicted molar refractivity (Wildman–Crippen MR) is 433 cm³/mol. The van der Waals surface area contributed by atoms with Crippen molar-refractivity contribution in [1.29, 1.82) is 0 Å². The van der Waals surface area contributed by atoms with E-state index in [1.807, 2.05) is 0 Å². The molecule has 0 amide bonds. The topological polar surface area (TPSA) is 0 Å². The third-order valence-electron chi connectivity index (χ3n) is 20.1. The maximum atomic E-state index is 2.29. The molecule has 478 valence electrons.